The molecule has 3 saturated heterocycles. The van der Waals surface area contributed by atoms with Crippen LogP contribution < -0.4 is 4.74 Å². The van der Waals surface area contributed by atoms with Gasteiger partial charge in [-0.05, 0) is 76.0 Å². The highest BCUT2D eigenvalue weighted by Gasteiger charge is 2.28. The van der Waals surface area contributed by atoms with Gasteiger partial charge in [0.05, 0.1) is 0 Å². The number of ether oxygens (including phenoxy) is 1. The Balaban J connectivity index is 1.24. The van der Waals surface area contributed by atoms with Crippen molar-refractivity contribution < 1.29 is 9.53 Å². The second-order valence-electron chi connectivity index (χ2n) is 9.25. The smallest absolute Gasteiger partial charge is 0.319 e. The van der Waals surface area contributed by atoms with Gasteiger partial charge in [-0.25, -0.2) is 4.79 Å². The zero-order valence-corrected chi connectivity index (χ0v) is 18.2. The van der Waals surface area contributed by atoms with Crippen LogP contribution in [0.25, 0.3) is 0 Å². The first kappa shape index (κ1) is 20.5. The Morgan fingerprint density at radius 3 is 2.03 bits per heavy atom. The number of hydrogen-bond donors (Lipinski definition) is 0. The molecule has 0 radical (unpaired) electrons. The van der Waals surface area contributed by atoms with Gasteiger partial charge in [0.2, 0.25) is 0 Å². The maximum Gasteiger partial charge on any atom is 0.319 e. The van der Waals surface area contributed by atoms with Crippen LogP contribution in [0.1, 0.15) is 63.9 Å². The van der Waals surface area contributed by atoms with E-state index in [1.807, 2.05) is 4.90 Å². The summed E-state index contributed by atoms with van der Waals surface area (Å²) in [7, 11) is 0. The van der Waals surface area contributed by atoms with Crippen molar-refractivity contribution in [3.8, 4) is 5.75 Å². The lowest BCUT2D eigenvalue weighted by molar-refractivity contribution is 0.0843. The van der Waals surface area contributed by atoms with Gasteiger partial charge in [0, 0.05) is 45.3 Å². The monoisotopic (exact) mass is 399 g/mol. The molecule has 5 nitrogen and oxygen atoms in total. The van der Waals surface area contributed by atoms with Gasteiger partial charge in [-0.1, -0.05) is 12.1 Å². The SMILES string of the molecule is CC(C)N1CCC(Oc2ccc(C3CCN(C(=O)N4CCCC4)CC3)cc2)CC1. The Kier molecular flexibility index (Phi) is 6.63. The predicted molar refractivity (Wildman–Crippen MR) is 117 cm³/mol. The van der Waals surface area contributed by atoms with E-state index in [9.17, 15) is 4.79 Å². The van der Waals surface area contributed by atoms with Crippen LogP contribution in [0.5, 0.6) is 5.75 Å². The van der Waals surface area contributed by atoms with E-state index in [2.05, 4.69) is 47.9 Å². The van der Waals surface area contributed by atoms with Gasteiger partial charge in [0.15, 0.2) is 0 Å². The van der Waals surface area contributed by atoms with Crippen LogP contribution in [0.15, 0.2) is 24.3 Å². The molecule has 2 amide bonds. The first-order valence-electron chi connectivity index (χ1n) is 11.6. The van der Waals surface area contributed by atoms with Crippen LogP contribution in [-0.4, -0.2) is 72.1 Å². The lowest BCUT2D eigenvalue weighted by Crippen LogP contribution is -2.45. The highest BCUT2D eigenvalue weighted by Crippen LogP contribution is 2.30. The van der Waals surface area contributed by atoms with Gasteiger partial charge in [-0.15, -0.1) is 0 Å². The zero-order valence-electron chi connectivity index (χ0n) is 18.2. The molecule has 5 heteroatoms. The van der Waals surface area contributed by atoms with Crippen molar-refractivity contribution in [2.75, 3.05) is 39.3 Å². The Bertz CT molecular complexity index is 653. The molecule has 1 aromatic carbocycles. The van der Waals surface area contributed by atoms with E-state index in [1.54, 1.807) is 0 Å². The summed E-state index contributed by atoms with van der Waals surface area (Å²) in [6.07, 6.45) is 7.02. The number of benzene rings is 1. The Hall–Kier alpha value is -1.75. The molecule has 0 bridgehead atoms. The number of likely N-dealkylation sites (tertiary alicyclic amines) is 3. The summed E-state index contributed by atoms with van der Waals surface area (Å²) in [4.78, 5) is 19.2. The molecule has 0 atom stereocenters. The van der Waals surface area contributed by atoms with Crippen LogP contribution in [0.2, 0.25) is 0 Å². The summed E-state index contributed by atoms with van der Waals surface area (Å²) in [6, 6.07) is 9.65. The molecule has 3 aliphatic heterocycles. The largest absolute Gasteiger partial charge is 0.490 e. The van der Waals surface area contributed by atoms with Crippen molar-refractivity contribution in [1.82, 2.24) is 14.7 Å². The number of hydrogen-bond acceptors (Lipinski definition) is 3. The van der Waals surface area contributed by atoms with E-state index < -0.39 is 0 Å². The summed E-state index contributed by atoms with van der Waals surface area (Å²) in [5.41, 5.74) is 1.39. The number of amides is 2. The fourth-order valence-electron chi connectivity index (χ4n) is 5.03. The van der Waals surface area contributed by atoms with Gasteiger partial charge >= 0.3 is 6.03 Å². The second-order valence-corrected chi connectivity index (χ2v) is 9.25. The zero-order chi connectivity index (χ0) is 20.2. The number of carbonyl (C=O) groups is 1. The molecule has 4 rings (SSSR count). The molecule has 0 aromatic heterocycles. The Labute approximate surface area is 176 Å². The van der Waals surface area contributed by atoms with E-state index in [0.29, 0.717) is 18.1 Å². The molecule has 3 aliphatic rings. The number of nitrogens with zero attached hydrogens (tertiary/aromatic N) is 3. The highest BCUT2D eigenvalue weighted by atomic mass is 16.5. The maximum absolute atomic E-state index is 12.6. The molecule has 3 fully saturated rings. The van der Waals surface area contributed by atoms with Crippen LogP contribution in [0.3, 0.4) is 0 Å². The van der Waals surface area contributed by atoms with E-state index in [1.165, 1.54) is 5.56 Å². The quantitative estimate of drug-likeness (QED) is 0.756. The van der Waals surface area contributed by atoms with Crippen molar-refractivity contribution in [3.63, 3.8) is 0 Å². The first-order chi connectivity index (χ1) is 14.1. The lowest BCUT2D eigenvalue weighted by atomic mass is 9.89. The standard InChI is InChI=1S/C24H37N3O2/c1-19(2)25-17-11-23(12-18-25)29-22-7-5-20(6-8-22)21-9-15-27(16-10-21)24(28)26-13-3-4-14-26/h5-8,19,21,23H,3-4,9-18H2,1-2H3. The number of piperidine rings is 2. The van der Waals surface area contributed by atoms with Crippen molar-refractivity contribution in [3.05, 3.63) is 29.8 Å². The average Bonchev–Trinajstić information content (AvgIpc) is 3.29. The van der Waals surface area contributed by atoms with Crippen molar-refractivity contribution in [2.24, 2.45) is 0 Å². The molecular weight excluding hydrogens is 362 g/mol. The minimum absolute atomic E-state index is 0.258. The first-order valence-corrected chi connectivity index (χ1v) is 11.6. The highest BCUT2D eigenvalue weighted by molar-refractivity contribution is 5.74. The Morgan fingerprint density at radius 1 is 0.862 bits per heavy atom. The van der Waals surface area contributed by atoms with Gasteiger partial charge in [0.1, 0.15) is 11.9 Å². The molecule has 160 valence electrons. The molecule has 1 aromatic rings. The van der Waals surface area contributed by atoms with E-state index in [4.69, 9.17) is 4.74 Å². The number of rotatable bonds is 4. The molecule has 0 unspecified atom stereocenters. The third-order valence-corrected chi connectivity index (χ3v) is 7.00. The maximum atomic E-state index is 12.6. The molecule has 0 saturated carbocycles. The third kappa shape index (κ3) is 5.06. The number of urea groups is 1. The summed E-state index contributed by atoms with van der Waals surface area (Å²) in [5.74, 6) is 1.55. The Morgan fingerprint density at radius 2 is 1.45 bits per heavy atom. The minimum atomic E-state index is 0.258. The van der Waals surface area contributed by atoms with Crippen molar-refractivity contribution in [1.29, 1.82) is 0 Å². The van der Waals surface area contributed by atoms with Gasteiger partial charge < -0.3 is 19.4 Å². The van der Waals surface area contributed by atoms with E-state index in [0.717, 1.165) is 83.5 Å². The van der Waals surface area contributed by atoms with Gasteiger partial charge in [-0.3, -0.25) is 0 Å². The molecular formula is C24H37N3O2. The molecule has 0 spiro atoms. The second kappa shape index (κ2) is 9.38. The van der Waals surface area contributed by atoms with Crippen LogP contribution >= 0.6 is 0 Å². The average molecular weight is 400 g/mol. The van der Waals surface area contributed by atoms with Gasteiger partial charge in [-0.2, -0.15) is 0 Å². The summed E-state index contributed by atoms with van der Waals surface area (Å²) >= 11 is 0. The molecule has 3 heterocycles. The lowest BCUT2D eigenvalue weighted by Gasteiger charge is -2.35. The number of carbonyl (C=O) groups excluding carboxylic acids is 1. The van der Waals surface area contributed by atoms with Crippen LogP contribution in [-0.2, 0) is 0 Å². The van der Waals surface area contributed by atoms with Crippen LogP contribution in [0, 0.1) is 0 Å². The minimum Gasteiger partial charge on any atom is -0.490 e. The molecule has 29 heavy (non-hydrogen) atoms. The molecule has 0 N–H and O–H groups in total. The van der Waals surface area contributed by atoms with Crippen LogP contribution in [0.4, 0.5) is 4.79 Å². The van der Waals surface area contributed by atoms with E-state index >= 15 is 0 Å². The topological polar surface area (TPSA) is 36.0 Å². The summed E-state index contributed by atoms with van der Waals surface area (Å²) in [5, 5.41) is 0. The molecule has 0 aliphatic carbocycles. The fraction of sp³-hybridized carbons (Fsp3) is 0.708. The van der Waals surface area contributed by atoms with E-state index in [-0.39, 0.29) is 6.03 Å². The summed E-state index contributed by atoms with van der Waals surface area (Å²) < 4.78 is 6.25. The summed E-state index contributed by atoms with van der Waals surface area (Å²) in [6.45, 7) is 10.5. The predicted octanol–water partition coefficient (Wildman–Crippen LogP) is 4.33. The third-order valence-electron chi connectivity index (χ3n) is 7.00. The van der Waals surface area contributed by atoms with Crippen molar-refractivity contribution >= 4 is 6.03 Å². The van der Waals surface area contributed by atoms with Crippen molar-refractivity contribution in [2.45, 2.75) is 70.4 Å². The van der Waals surface area contributed by atoms with Gasteiger partial charge in [0.25, 0.3) is 0 Å². The fourth-order valence-corrected chi connectivity index (χ4v) is 5.03. The normalized spacial score (nSPS) is 22.4.